The molecule has 0 aromatic heterocycles. The highest BCUT2D eigenvalue weighted by molar-refractivity contribution is 7.86. The number of benzene rings is 6. The van der Waals surface area contributed by atoms with Gasteiger partial charge in [0.2, 0.25) is 0 Å². The van der Waals surface area contributed by atoms with Gasteiger partial charge in [0.05, 0.1) is 19.6 Å². The van der Waals surface area contributed by atoms with Crippen LogP contribution in [0, 0.1) is 0 Å². The summed E-state index contributed by atoms with van der Waals surface area (Å²) in [7, 11) is -17.9. The van der Waals surface area contributed by atoms with E-state index in [0.717, 1.165) is 11.1 Å². The van der Waals surface area contributed by atoms with Gasteiger partial charge < -0.3 is 9.80 Å². The molecule has 18 heteroatoms. The van der Waals surface area contributed by atoms with Crippen LogP contribution in [0.5, 0.6) is 0 Å². The van der Waals surface area contributed by atoms with E-state index in [1.807, 2.05) is 24.3 Å². The van der Waals surface area contributed by atoms with Crippen LogP contribution in [0.15, 0.2) is 165 Å². The van der Waals surface area contributed by atoms with E-state index in [-0.39, 0.29) is 19.6 Å². The second kappa shape index (κ2) is 14.4. The topological polar surface area (TPSA) is 224 Å². The first-order valence-corrected chi connectivity index (χ1v) is 21.2. The fraction of sp³-hybridized carbons (Fsp3) is 0. The molecular weight excluding hydrogens is 781 g/mol. The molecule has 0 aliphatic carbocycles. The van der Waals surface area contributed by atoms with E-state index in [1.165, 1.54) is 97.1 Å². The van der Waals surface area contributed by atoms with Crippen LogP contribution in [-0.2, 0) is 40.5 Å². The standard InChI is InChI=1S/C36H28N2O12S4/c39-51(40,41)33-17-9-29(10-18-33)37(30-11-19-34(20-12-30)52(42,43)44)27-5-1-25(2-6-27)26-3-7-28(8-4-26)38(31-13-21-35(22-14-31)53(45,46)47)32-15-23-36(24-16-32)54(48,49)50/h1-24H,(H,39,40,41)(H,42,43,44)(H,45,46,47)(H,48,49,50). The van der Waals surface area contributed by atoms with E-state index in [1.54, 1.807) is 34.1 Å². The minimum atomic E-state index is -4.47. The van der Waals surface area contributed by atoms with Crippen LogP contribution in [-0.4, -0.2) is 51.9 Å². The van der Waals surface area contributed by atoms with Crippen molar-refractivity contribution >= 4 is 74.6 Å². The smallest absolute Gasteiger partial charge is 0.294 e. The van der Waals surface area contributed by atoms with Crippen LogP contribution < -0.4 is 9.80 Å². The minimum absolute atomic E-state index is 0.324. The summed E-state index contributed by atoms with van der Waals surface area (Å²) < 4.78 is 131. The number of anilines is 6. The third-order valence-electron chi connectivity index (χ3n) is 8.16. The van der Waals surface area contributed by atoms with E-state index >= 15 is 0 Å². The molecular formula is C36H28N2O12S4. The molecule has 0 spiro atoms. The quantitative estimate of drug-likeness (QED) is 0.0945. The number of rotatable bonds is 11. The molecule has 0 aliphatic rings. The number of hydrogen-bond donors (Lipinski definition) is 4. The highest BCUT2D eigenvalue weighted by Gasteiger charge is 2.19. The lowest BCUT2D eigenvalue weighted by molar-refractivity contribution is 0.481. The van der Waals surface area contributed by atoms with Crippen LogP contribution in [0.2, 0.25) is 0 Å². The van der Waals surface area contributed by atoms with E-state index in [4.69, 9.17) is 0 Å². The van der Waals surface area contributed by atoms with Crippen molar-refractivity contribution in [2.75, 3.05) is 9.80 Å². The molecule has 6 aromatic rings. The summed E-state index contributed by atoms with van der Waals surface area (Å²) in [5.41, 5.74) is 4.58. The largest absolute Gasteiger partial charge is 0.311 e. The average molecular weight is 809 g/mol. The molecule has 0 saturated heterocycles. The lowest BCUT2D eigenvalue weighted by Crippen LogP contribution is -2.11. The van der Waals surface area contributed by atoms with Gasteiger partial charge in [0.25, 0.3) is 40.5 Å². The Balaban J connectivity index is 1.35. The molecule has 54 heavy (non-hydrogen) atoms. The Morgan fingerprint density at radius 3 is 0.556 bits per heavy atom. The van der Waals surface area contributed by atoms with E-state index < -0.39 is 40.5 Å². The Kier molecular flexibility index (Phi) is 10.2. The van der Waals surface area contributed by atoms with Gasteiger partial charge in [-0.3, -0.25) is 18.2 Å². The maximum atomic E-state index is 11.7. The Hall–Kier alpha value is -5.44. The monoisotopic (exact) mass is 808 g/mol. The van der Waals surface area contributed by atoms with Crippen molar-refractivity contribution < 1.29 is 51.9 Å². The molecule has 278 valence electrons. The normalized spacial score (nSPS) is 12.3. The molecule has 0 atom stereocenters. The number of hydrogen-bond acceptors (Lipinski definition) is 10. The van der Waals surface area contributed by atoms with Gasteiger partial charge in [0, 0.05) is 34.1 Å². The molecule has 6 aromatic carbocycles. The molecule has 6 rings (SSSR count). The van der Waals surface area contributed by atoms with Gasteiger partial charge in [0.1, 0.15) is 0 Å². The Labute approximate surface area is 311 Å². The van der Waals surface area contributed by atoms with Crippen LogP contribution in [0.4, 0.5) is 34.1 Å². The van der Waals surface area contributed by atoms with Gasteiger partial charge in [-0.05, 0) is 132 Å². The van der Waals surface area contributed by atoms with Crippen molar-refractivity contribution in [1.82, 2.24) is 0 Å². The van der Waals surface area contributed by atoms with E-state index in [9.17, 15) is 51.9 Å². The lowest BCUT2D eigenvalue weighted by atomic mass is 10.0. The maximum absolute atomic E-state index is 11.7. The molecule has 0 unspecified atom stereocenters. The molecule has 4 N–H and O–H groups in total. The van der Waals surface area contributed by atoms with Crippen molar-refractivity contribution in [3.63, 3.8) is 0 Å². The zero-order valence-electron chi connectivity index (χ0n) is 27.4. The van der Waals surface area contributed by atoms with Gasteiger partial charge in [0.15, 0.2) is 0 Å². The number of nitrogens with zero attached hydrogens (tertiary/aromatic N) is 2. The zero-order valence-corrected chi connectivity index (χ0v) is 30.7. The maximum Gasteiger partial charge on any atom is 0.294 e. The van der Waals surface area contributed by atoms with E-state index in [0.29, 0.717) is 34.1 Å². The van der Waals surface area contributed by atoms with Gasteiger partial charge in [-0.15, -0.1) is 0 Å². The van der Waals surface area contributed by atoms with Gasteiger partial charge in [-0.1, -0.05) is 24.3 Å². The van der Waals surface area contributed by atoms with Gasteiger partial charge in [-0.25, -0.2) is 0 Å². The van der Waals surface area contributed by atoms with Crippen LogP contribution in [0.1, 0.15) is 0 Å². The Bertz CT molecular complexity index is 2410. The second-order valence-corrected chi connectivity index (χ2v) is 17.3. The molecule has 0 aliphatic heterocycles. The van der Waals surface area contributed by atoms with Crippen molar-refractivity contribution in [1.29, 1.82) is 0 Å². The molecule has 0 heterocycles. The lowest BCUT2D eigenvalue weighted by Gasteiger charge is -2.26. The summed E-state index contributed by atoms with van der Waals surface area (Å²) in [4.78, 5) is 2.11. The average Bonchev–Trinajstić information content (AvgIpc) is 3.12. The first kappa shape index (κ1) is 38.3. The molecule has 0 saturated carbocycles. The van der Waals surface area contributed by atoms with E-state index in [2.05, 4.69) is 0 Å². The summed E-state index contributed by atoms with van der Waals surface area (Å²) in [6.07, 6.45) is 0. The molecule has 0 radical (unpaired) electrons. The summed E-state index contributed by atoms with van der Waals surface area (Å²) >= 11 is 0. The molecule has 0 amide bonds. The fourth-order valence-electron chi connectivity index (χ4n) is 5.57. The summed E-state index contributed by atoms with van der Waals surface area (Å²) in [5, 5.41) is 0. The zero-order chi connectivity index (χ0) is 39.1. The van der Waals surface area contributed by atoms with Crippen molar-refractivity contribution in [3.05, 3.63) is 146 Å². The summed E-state index contributed by atoms with van der Waals surface area (Å²) in [5.74, 6) is 0. The molecule has 0 fully saturated rings. The summed E-state index contributed by atoms with van der Waals surface area (Å²) in [6, 6.07) is 35.8. The minimum Gasteiger partial charge on any atom is -0.311 e. The van der Waals surface area contributed by atoms with Crippen LogP contribution in [0.3, 0.4) is 0 Å². The van der Waals surface area contributed by atoms with Crippen molar-refractivity contribution in [3.8, 4) is 11.1 Å². The van der Waals surface area contributed by atoms with Crippen LogP contribution in [0.25, 0.3) is 11.1 Å². The predicted molar refractivity (Wildman–Crippen MR) is 201 cm³/mol. The first-order chi connectivity index (χ1) is 25.3. The second-order valence-electron chi connectivity index (χ2n) is 11.6. The highest BCUT2D eigenvalue weighted by Crippen LogP contribution is 2.39. The Morgan fingerprint density at radius 1 is 0.259 bits per heavy atom. The van der Waals surface area contributed by atoms with Gasteiger partial charge in [-0.2, -0.15) is 33.7 Å². The van der Waals surface area contributed by atoms with Crippen LogP contribution >= 0.6 is 0 Å². The summed E-state index contributed by atoms with van der Waals surface area (Å²) in [6.45, 7) is 0. The van der Waals surface area contributed by atoms with Gasteiger partial charge >= 0.3 is 0 Å². The molecule has 0 bridgehead atoms. The van der Waals surface area contributed by atoms with Crippen molar-refractivity contribution in [2.45, 2.75) is 19.6 Å². The molecule has 14 nitrogen and oxygen atoms in total. The third kappa shape index (κ3) is 8.51. The highest BCUT2D eigenvalue weighted by atomic mass is 32.2. The SMILES string of the molecule is O=S(=O)(O)c1ccc(N(c2ccc(-c3ccc(N(c4ccc(S(=O)(=O)O)cc4)c4ccc(S(=O)(=O)O)cc4)cc3)cc2)c2ccc(S(=O)(=O)O)cc2)cc1. The van der Waals surface area contributed by atoms with Crippen molar-refractivity contribution in [2.24, 2.45) is 0 Å². The third-order valence-corrected chi connectivity index (χ3v) is 11.6. The predicted octanol–water partition coefficient (Wildman–Crippen LogP) is 7.28. The Morgan fingerprint density at radius 2 is 0.407 bits per heavy atom. The fourth-order valence-corrected chi connectivity index (χ4v) is 7.49. The first-order valence-electron chi connectivity index (χ1n) is 15.4.